The highest BCUT2D eigenvalue weighted by molar-refractivity contribution is 8.25. The minimum absolute atomic E-state index is 0.269. The van der Waals surface area contributed by atoms with Crippen LogP contribution in [0.4, 0.5) is 11.4 Å². The van der Waals surface area contributed by atoms with Crippen LogP contribution in [0.15, 0.2) is 66.7 Å². The van der Waals surface area contributed by atoms with Gasteiger partial charge in [0.1, 0.15) is 5.75 Å². The normalized spacial score (nSPS) is 16.8. The third-order valence-electron chi connectivity index (χ3n) is 7.34. The van der Waals surface area contributed by atoms with Crippen molar-refractivity contribution in [3.8, 4) is 5.75 Å². The van der Waals surface area contributed by atoms with E-state index in [1.807, 2.05) is 62.4 Å². The number of hydrogen-bond donors (Lipinski definition) is 6. The summed E-state index contributed by atoms with van der Waals surface area (Å²) in [4.78, 5) is 13.7. The van der Waals surface area contributed by atoms with Gasteiger partial charge in [-0.05, 0) is 80.1 Å². The monoisotopic (exact) mass is 596 g/mol. The maximum atomic E-state index is 13.7. The number of hydrogen-bond acceptors (Lipinski definition) is 8. The molecule has 1 amide bonds. The lowest BCUT2D eigenvalue weighted by Gasteiger charge is -2.47. The largest absolute Gasteiger partial charge is 0.497 e. The fourth-order valence-electron chi connectivity index (χ4n) is 5.25. The number of benzene rings is 3. The molecular formula is C32H44N4O5S. The predicted molar refractivity (Wildman–Crippen MR) is 172 cm³/mol. The van der Waals surface area contributed by atoms with Crippen LogP contribution in [0.1, 0.15) is 46.8 Å². The molecule has 2 atom stereocenters. The van der Waals surface area contributed by atoms with Crippen LogP contribution in [0.3, 0.4) is 0 Å². The van der Waals surface area contributed by atoms with E-state index in [0.717, 1.165) is 41.0 Å². The van der Waals surface area contributed by atoms with Gasteiger partial charge in [-0.25, -0.2) is 0 Å². The predicted octanol–water partition coefficient (Wildman–Crippen LogP) is 5.19. The Morgan fingerprint density at radius 1 is 1.05 bits per heavy atom. The van der Waals surface area contributed by atoms with Crippen LogP contribution >= 0.6 is 10.8 Å². The summed E-state index contributed by atoms with van der Waals surface area (Å²) in [6.45, 7) is 5.94. The van der Waals surface area contributed by atoms with Gasteiger partial charge in [-0.3, -0.25) is 18.2 Å². The van der Waals surface area contributed by atoms with E-state index >= 15 is 0 Å². The van der Waals surface area contributed by atoms with E-state index in [2.05, 4.69) is 22.0 Å². The molecule has 2 unspecified atom stereocenters. The van der Waals surface area contributed by atoms with E-state index in [0.29, 0.717) is 43.1 Å². The van der Waals surface area contributed by atoms with Gasteiger partial charge in [0.15, 0.2) is 0 Å². The quantitative estimate of drug-likeness (QED) is 0.159. The van der Waals surface area contributed by atoms with Gasteiger partial charge in [-0.15, -0.1) is 10.8 Å². The Hall–Kier alpha value is -3.28. The molecule has 1 aliphatic rings. The third-order valence-corrected chi connectivity index (χ3v) is 9.28. The van der Waals surface area contributed by atoms with Gasteiger partial charge < -0.3 is 25.8 Å². The van der Waals surface area contributed by atoms with Gasteiger partial charge in [0, 0.05) is 37.4 Å². The molecular weight excluding hydrogens is 552 g/mol. The standard InChI is InChI=1S/C32H44N4O5S/c1-4-34-27-18-26(19-28(20-27)36-12-8-9-13-42(36,39)40)32(38)35-30(17-24-10-6-5-7-11-24)31(37)22-33-21-25-14-23(2)15-29(16-25)41-3/h5-7,10-11,14-16,18-20,30-31,33-34,37,39-40H,4,8-9,12-13,17,21-22H2,1-3H3,(H,35,38). The number of anilines is 2. The summed E-state index contributed by atoms with van der Waals surface area (Å²) in [5, 5.41) is 20.9. The van der Waals surface area contributed by atoms with Crippen LogP contribution in [-0.2, 0) is 13.0 Å². The number of ether oxygens (including phenoxy) is 1. The number of amides is 1. The number of aliphatic hydroxyl groups is 1. The van der Waals surface area contributed by atoms with Gasteiger partial charge in [0.25, 0.3) is 5.91 Å². The van der Waals surface area contributed by atoms with Crippen molar-refractivity contribution >= 4 is 28.1 Å². The van der Waals surface area contributed by atoms with E-state index in [4.69, 9.17) is 4.74 Å². The molecule has 1 aliphatic heterocycles. The van der Waals surface area contributed by atoms with Crippen molar-refractivity contribution in [2.45, 2.75) is 51.8 Å². The van der Waals surface area contributed by atoms with E-state index < -0.39 is 22.9 Å². The summed E-state index contributed by atoms with van der Waals surface area (Å²) < 4.78 is 28.4. The summed E-state index contributed by atoms with van der Waals surface area (Å²) in [6, 6.07) is 20.5. The van der Waals surface area contributed by atoms with Crippen LogP contribution in [0.2, 0.25) is 0 Å². The Bertz CT molecular complexity index is 1320. The van der Waals surface area contributed by atoms with Crippen molar-refractivity contribution in [3.63, 3.8) is 0 Å². The maximum Gasteiger partial charge on any atom is 0.251 e. The maximum absolute atomic E-state index is 13.7. The molecule has 42 heavy (non-hydrogen) atoms. The lowest BCUT2D eigenvalue weighted by Crippen LogP contribution is -2.48. The minimum atomic E-state index is -2.95. The zero-order chi connectivity index (χ0) is 30.1. The van der Waals surface area contributed by atoms with Crippen molar-refractivity contribution in [1.82, 2.24) is 10.6 Å². The number of nitrogens with one attached hydrogen (secondary N) is 3. The van der Waals surface area contributed by atoms with Crippen LogP contribution in [0.25, 0.3) is 0 Å². The molecule has 0 spiro atoms. The molecule has 0 bridgehead atoms. The number of aryl methyl sites for hydroxylation is 1. The van der Waals surface area contributed by atoms with Crippen molar-refractivity contribution in [2.75, 3.05) is 42.1 Å². The molecule has 3 aromatic carbocycles. The number of nitrogens with zero attached hydrogens (tertiary/aromatic N) is 1. The molecule has 10 heteroatoms. The molecule has 228 valence electrons. The van der Waals surface area contributed by atoms with E-state index in [1.165, 1.54) is 0 Å². The highest BCUT2D eigenvalue weighted by Crippen LogP contribution is 2.50. The second kappa shape index (κ2) is 14.8. The van der Waals surface area contributed by atoms with Gasteiger partial charge in [0.2, 0.25) is 0 Å². The second-order valence-corrected chi connectivity index (χ2v) is 12.9. The first-order valence-electron chi connectivity index (χ1n) is 14.5. The van der Waals surface area contributed by atoms with Crippen molar-refractivity contribution in [3.05, 3.63) is 89.0 Å². The first-order chi connectivity index (χ1) is 20.2. The second-order valence-electron chi connectivity index (χ2n) is 10.8. The Morgan fingerprint density at radius 3 is 2.55 bits per heavy atom. The molecule has 1 heterocycles. The molecule has 0 aromatic heterocycles. The molecule has 4 rings (SSSR count). The highest BCUT2D eigenvalue weighted by Gasteiger charge is 2.28. The van der Waals surface area contributed by atoms with E-state index in [1.54, 1.807) is 23.5 Å². The number of rotatable bonds is 13. The Labute approximate surface area is 250 Å². The number of carbonyl (C=O) groups is 1. The molecule has 0 aliphatic carbocycles. The third kappa shape index (κ3) is 8.62. The van der Waals surface area contributed by atoms with Gasteiger partial charge >= 0.3 is 0 Å². The lowest BCUT2D eigenvalue weighted by atomic mass is 10.00. The molecule has 1 saturated heterocycles. The van der Waals surface area contributed by atoms with Crippen LogP contribution in [0.5, 0.6) is 5.75 Å². The lowest BCUT2D eigenvalue weighted by molar-refractivity contribution is 0.0830. The molecule has 3 aromatic rings. The summed E-state index contributed by atoms with van der Waals surface area (Å²) >= 11 is 0. The molecule has 9 nitrogen and oxygen atoms in total. The summed E-state index contributed by atoms with van der Waals surface area (Å²) in [7, 11) is -1.31. The van der Waals surface area contributed by atoms with Crippen LogP contribution in [-0.4, -0.2) is 64.8 Å². The van der Waals surface area contributed by atoms with Crippen LogP contribution in [0, 0.1) is 6.92 Å². The van der Waals surface area contributed by atoms with E-state index in [-0.39, 0.29) is 12.5 Å². The van der Waals surface area contributed by atoms with Crippen molar-refractivity contribution < 1.29 is 23.7 Å². The van der Waals surface area contributed by atoms with Gasteiger partial charge in [0.05, 0.1) is 30.7 Å². The zero-order valence-corrected chi connectivity index (χ0v) is 25.5. The Kier molecular flexibility index (Phi) is 11.1. The Balaban J connectivity index is 1.52. The smallest absolute Gasteiger partial charge is 0.251 e. The molecule has 6 N–H and O–H groups in total. The van der Waals surface area contributed by atoms with Crippen LogP contribution < -0.4 is 25.0 Å². The van der Waals surface area contributed by atoms with E-state index in [9.17, 15) is 19.0 Å². The summed E-state index contributed by atoms with van der Waals surface area (Å²) in [5.41, 5.74) is 4.82. The average Bonchev–Trinajstić information content (AvgIpc) is 2.96. The fraction of sp³-hybridized carbons (Fsp3) is 0.406. The SMILES string of the molecule is CCNc1cc(C(=O)NC(Cc2ccccc2)C(O)CNCc2cc(C)cc(OC)c2)cc(N2CCCCS2(O)O)c1. The zero-order valence-electron chi connectivity index (χ0n) is 24.7. The number of carbonyl (C=O) groups excluding carboxylic acids is 1. The summed E-state index contributed by atoms with van der Waals surface area (Å²) in [6.07, 6.45) is 1.17. The number of aliphatic hydroxyl groups excluding tert-OH is 1. The van der Waals surface area contributed by atoms with Gasteiger partial charge in [-0.1, -0.05) is 36.4 Å². The number of methoxy groups -OCH3 is 1. The van der Waals surface area contributed by atoms with Gasteiger partial charge in [-0.2, -0.15) is 0 Å². The fourth-order valence-corrected chi connectivity index (χ4v) is 6.93. The molecule has 0 radical (unpaired) electrons. The average molecular weight is 597 g/mol. The van der Waals surface area contributed by atoms with Crippen molar-refractivity contribution in [1.29, 1.82) is 0 Å². The first kappa shape index (κ1) is 31.7. The highest BCUT2D eigenvalue weighted by atomic mass is 32.3. The Morgan fingerprint density at radius 2 is 1.83 bits per heavy atom. The topological polar surface area (TPSA) is 126 Å². The minimum Gasteiger partial charge on any atom is -0.497 e. The first-order valence-corrected chi connectivity index (χ1v) is 16.2. The molecule has 1 fully saturated rings. The molecule has 0 saturated carbocycles. The van der Waals surface area contributed by atoms with Crippen molar-refractivity contribution in [2.24, 2.45) is 0 Å². The summed E-state index contributed by atoms with van der Waals surface area (Å²) in [5.74, 6) is 0.757.